The van der Waals surface area contributed by atoms with Gasteiger partial charge in [-0.25, -0.2) is 0 Å². The van der Waals surface area contributed by atoms with Crippen molar-refractivity contribution in [1.29, 1.82) is 0 Å². The summed E-state index contributed by atoms with van der Waals surface area (Å²) >= 11 is 7.28. The van der Waals surface area contributed by atoms with E-state index in [-0.39, 0.29) is 11.6 Å². The smallest absolute Gasteiger partial charge is 0.161 e. The Labute approximate surface area is 204 Å². The van der Waals surface area contributed by atoms with E-state index in [0.717, 1.165) is 68.3 Å². The Kier molecular flexibility index (Phi) is 6.08. The number of dihydropyridines is 1. The maximum absolute atomic E-state index is 13.2. The van der Waals surface area contributed by atoms with Gasteiger partial charge in [0.25, 0.3) is 0 Å². The molecule has 5 rings (SSSR count). The van der Waals surface area contributed by atoms with E-state index in [1.807, 2.05) is 42.5 Å². The lowest BCUT2D eigenvalue weighted by Gasteiger charge is -2.37. The van der Waals surface area contributed by atoms with Crippen LogP contribution in [0.1, 0.15) is 55.6 Å². The molecule has 6 heteroatoms. The molecule has 1 N–H and O–H groups in total. The summed E-state index contributed by atoms with van der Waals surface area (Å²) in [6, 6.07) is 13.9. The van der Waals surface area contributed by atoms with E-state index in [9.17, 15) is 9.59 Å². The summed E-state index contributed by atoms with van der Waals surface area (Å²) in [5.41, 5.74) is 5.34. The van der Waals surface area contributed by atoms with Crippen molar-refractivity contribution in [2.24, 2.45) is 0 Å². The first-order valence-corrected chi connectivity index (χ1v) is 12.6. The van der Waals surface area contributed by atoms with Crippen LogP contribution in [0.25, 0.3) is 0 Å². The van der Waals surface area contributed by atoms with Crippen LogP contribution in [0.2, 0.25) is 0 Å². The van der Waals surface area contributed by atoms with Gasteiger partial charge in [-0.05, 0) is 59.3 Å². The lowest BCUT2D eigenvalue weighted by atomic mass is 9.71. The van der Waals surface area contributed by atoms with Crippen molar-refractivity contribution in [2.75, 3.05) is 0 Å². The second-order valence-corrected chi connectivity index (χ2v) is 10.2. The highest BCUT2D eigenvalue weighted by Crippen LogP contribution is 2.49. The Balaban J connectivity index is 1.66. The summed E-state index contributed by atoms with van der Waals surface area (Å²) < 4.78 is 8.01. The first-order chi connectivity index (χ1) is 15.5. The van der Waals surface area contributed by atoms with Gasteiger partial charge in [-0.2, -0.15) is 0 Å². The summed E-state index contributed by atoms with van der Waals surface area (Å²) in [6.07, 6.45) is 4.38. The molecule has 0 radical (unpaired) electrons. The van der Waals surface area contributed by atoms with Gasteiger partial charge >= 0.3 is 0 Å². The molecule has 164 valence electrons. The maximum Gasteiger partial charge on any atom is 0.161 e. The third-order valence-corrected chi connectivity index (χ3v) is 7.41. The molecule has 0 aromatic heterocycles. The predicted octanol–water partition coefficient (Wildman–Crippen LogP) is 6.49. The monoisotopic (exact) mass is 555 g/mol. The SMILES string of the molecule is O=C1CCCC2=C1C(c1cc(Br)cc(Br)c1OCc1ccccc1)C1=C(CCCC1=O)N2. The van der Waals surface area contributed by atoms with Crippen molar-refractivity contribution in [3.63, 3.8) is 0 Å². The molecule has 0 amide bonds. The fraction of sp³-hybridized carbons (Fsp3) is 0.308. The zero-order valence-corrected chi connectivity index (χ0v) is 20.7. The van der Waals surface area contributed by atoms with Crippen LogP contribution in [-0.2, 0) is 16.2 Å². The van der Waals surface area contributed by atoms with Crippen molar-refractivity contribution < 1.29 is 14.3 Å². The molecule has 0 atom stereocenters. The Morgan fingerprint density at radius 1 is 0.875 bits per heavy atom. The number of ether oxygens (including phenoxy) is 1. The van der Waals surface area contributed by atoms with E-state index < -0.39 is 5.92 Å². The quantitative estimate of drug-likeness (QED) is 0.467. The van der Waals surface area contributed by atoms with Crippen LogP contribution >= 0.6 is 31.9 Å². The summed E-state index contributed by atoms with van der Waals surface area (Å²) in [4.78, 5) is 26.3. The van der Waals surface area contributed by atoms with Gasteiger partial charge in [0.05, 0.1) is 4.47 Å². The van der Waals surface area contributed by atoms with Crippen molar-refractivity contribution >= 4 is 43.4 Å². The molecular weight excluding hydrogens is 534 g/mol. The van der Waals surface area contributed by atoms with E-state index in [2.05, 4.69) is 37.2 Å². The molecule has 2 aliphatic carbocycles. The Hall–Kier alpha value is -2.18. The van der Waals surface area contributed by atoms with Crippen molar-refractivity contribution in [1.82, 2.24) is 5.32 Å². The first kappa shape index (κ1) is 21.7. The minimum atomic E-state index is -0.401. The topological polar surface area (TPSA) is 55.4 Å². The molecule has 0 spiro atoms. The summed E-state index contributed by atoms with van der Waals surface area (Å²) in [5, 5.41) is 3.48. The first-order valence-electron chi connectivity index (χ1n) is 11.0. The number of halogens is 2. The molecule has 3 aliphatic rings. The third kappa shape index (κ3) is 3.99. The number of nitrogens with one attached hydrogen (secondary N) is 1. The number of Topliss-reactive ketones (excluding diaryl/α,β-unsaturated/α-hetero) is 2. The van der Waals surface area contributed by atoms with Crippen LogP contribution in [0, 0.1) is 0 Å². The molecule has 1 aliphatic heterocycles. The van der Waals surface area contributed by atoms with E-state index in [1.54, 1.807) is 0 Å². The van der Waals surface area contributed by atoms with Crippen LogP contribution < -0.4 is 10.1 Å². The largest absolute Gasteiger partial charge is 0.487 e. The normalized spacial score (nSPS) is 18.9. The maximum atomic E-state index is 13.2. The van der Waals surface area contributed by atoms with E-state index >= 15 is 0 Å². The molecule has 0 unspecified atom stereocenters. The molecule has 0 fully saturated rings. The van der Waals surface area contributed by atoms with Gasteiger partial charge in [0.15, 0.2) is 11.6 Å². The van der Waals surface area contributed by atoms with Gasteiger partial charge in [0.2, 0.25) is 0 Å². The van der Waals surface area contributed by atoms with Crippen molar-refractivity contribution in [3.05, 3.63) is 85.1 Å². The lowest BCUT2D eigenvalue weighted by Crippen LogP contribution is -2.36. The van der Waals surface area contributed by atoms with Crippen LogP contribution in [-0.4, -0.2) is 11.6 Å². The summed E-state index contributed by atoms with van der Waals surface area (Å²) in [5.74, 6) is 0.526. The molecule has 32 heavy (non-hydrogen) atoms. The second kappa shape index (κ2) is 8.99. The number of carbonyl (C=O) groups excluding carboxylic acids is 2. The van der Waals surface area contributed by atoms with Crippen LogP contribution in [0.4, 0.5) is 0 Å². The minimum Gasteiger partial charge on any atom is -0.487 e. The van der Waals surface area contributed by atoms with Gasteiger partial charge in [0, 0.05) is 51.3 Å². The van der Waals surface area contributed by atoms with Crippen molar-refractivity contribution in [2.45, 2.75) is 51.0 Å². The molecule has 0 saturated heterocycles. The summed E-state index contributed by atoms with van der Waals surface area (Å²) in [7, 11) is 0. The second-order valence-electron chi connectivity index (χ2n) is 8.48. The fourth-order valence-electron chi connectivity index (χ4n) is 4.97. The Bertz CT molecular complexity index is 1130. The Morgan fingerprint density at radius 2 is 1.50 bits per heavy atom. The highest BCUT2D eigenvalue weighted by atomic mass is 79.9. The third-order valence-electron chi connectivity index (χ3n) is 6.37. The average Bonchev–Trinajstić information content (AvgIpc) is 2.78. The molecule has 4 nitrogen and oxygen atoms in total. The van der Waals surface area contributed by atoms with Crippen LogP contribution in [0.15, 0.2) is 74.0 Å². The standard InChI is InChI=1S/C26H23Br2NO3/c27-16-12-17(26(18(28)13-16)32-14-15-6-2-1-3-7-15)23-24-19(8-4-10-21(24)30)29-20-9-5-11-22(31)25(20)23/h1-3,6-7,12-13,23,29H,4-5,8-11,14H2. The lowest BCUT2D eigenvalue weighted by molar-refractivity contribution is -0.116. The fourth-order valence-corrected chi connectivity index (χ4v) is 6.34. The number of ketones is 2. The number of hydrogen-bond donors (Lipinski definition) is 1. The predicted molar refractivity (Wildman–Crippen MR) is 130 cm³/mol. The molecule has 2 aromatic carbocycles. The molecule has 0 saturated carbocycles. The van der Waals surface area contributed by atoms with E-state index in [1.165, 1.54) is 0 Å². The molecule has 0 bridgehead atoms. The van der Waals surface area contributed by atoms with Gasteiger partial charge in [-0.15, -0.1) is 0 Å². The molecular formula is C26H23Br2NO3. The van der Waals surface area contributed by atoms with Gasteiger partial charge < -0.3 is 10.1 Å². The highest BCUT2D eigenvalue weighted by Gasteiger charge is 2.41. The van der Waals surface area contributed by atoms with Gasteiger partial charge in [0.1, 0.15) is 12.4 Å². The van der Waals surface area contributed by atoms with Gasteiger partial charge in [-0.1, -0.05) is 46.3 Å². The van der Waals surface area contributed by atoms with Gasteiger partial charge in [-0.3, -0.25) is 9.59 Å². The van der Waals surface area contributed by atoms with E-state index in [0.29, 0.717) is 25.2 Å². The zero-order valence-electron chi connectivity index (χ0n) is 17.5. The van der Waals surface area contributed by atoms with Crippen LogP contribution in [0.3, 0.4) is 0 Å². The number of rotatable bonds is 4. The van der Waals surface area contributed by atoms with Crippen molar-refractivity contribution in [3.8, 4) is 5.75 Å². The summed E-state index contributed by atoms with van der Waals surface area (Å²) in [6.45, 7) is 0.402. The number of carbonyl (C=O) groups is 2. The number of allylic oxidation sites excluding steroid dienone is 4. The average molecular weight is 557 g/mol. The zero-order chi connectivity index (χ0) is 22.2. The Morgan fingerprint density at radius 3 is 2.12 bits per heavy atom. The van der Waals surface area contributed by atoms with E-state index in [4.69, 9.17) is 4.74 Å². The van der Waals surface area contributed by atoms with Crippen LogP contribution in [0.5, 0.6) is 5.75 Å². The number of hydrogen-bond acceptors (Lipinski definition) is 4. The molecule has 2 aromatic rings. The molecule has 1 heterocycles. The highest BCUT2D eigenvalue weighted by molar-refractivity contribution is 9.11. The number of benzene rings is 2. The minimum absolute atomic E-state index is 0.124.